The van der Waals surface area contributed by atoms with Crippen molar-refractivity contribution in [1.29, 1.82) is 0 Å². The molecule has 1 aliphatic heterocycles. The predicted molar refractivity (Wildman–Crippen MR) is 170 cm³/mol. The lowest BCUT2D eigenvalue weighted by Crippen LogP contribution is -2.41. The van der Waals surface area contributed by atoms with Gasteiger partial charge in [-0.15, -0.1) is 11.3 Å². The molecule has 0 fully saturated rings. The lowest BCUT2D eigenvalue weighted by Gasteiger charge is -2.28. The molecule has 2 heterocycles. The van der Waals surface area contributed by atoms with E-state index in [-0.39, 0.29) is 37.0 Å². The molecule has 0 amide bonds. The van der Waals surface area contributed by atoms with Crippen LogP contribution in [0.3, 0.4) is 0 Å². The highest BCUT2D eigenvalue weighted by atomic mass is 32.2. The number of esters is 1. The highest BCUT2D eigenvalue weighted by molar-refractivity contribution is 7.95. The molecule has 9 nitrogen and oxygen atoms in total. The van der Waals surface area contributed by atoms with Gasteiger partial charge in [0.15, 0.2) is 0 Å². The molecular formula is C33H32N2O7S2. The van der Waals surface area contributed by atoms with Gasteiger partial charge >= 0.3 is 5.97 Å². The van der Waals surface area contributed by atoms with Gasteiger partial charge in [-0.3, -0.25) is 9.36 Å². The fourth-order valence-electron chi connectivity index (χ4n) is 5.05. The molecule has 5 rings (SSSR count). The number of nitrogens with two attached hydrogens (primary N) is 1. The van der Waals surface area contributed by atoms with Crippen LogP contribution in [0.1, 0.15) is 37.8 Å². The van der Waals surface area contributed by atoms with Gasteiger partial charge in [0.25, 0.3) is 5.56 Å². The Bertz CT molecular complexity index is 1990. The van der Waals surface area contributed by atoms with Crippen LogP contribution in [0.4, 0.5) is 0 Å². The van der Waals surface area contributed by atoms with E-state index in [1.165, 1.54) is 12.1 Å². The number of allylic oxidation sites excluding steroid dienone is 1. The third-order valence-corrected chi connectivity index (χ3v) is 9.97. The number of rotatable bonds is 10. The second kappa shape index (κ2) is 12.9. The minimum Gasteiger partial charge on any atom is -0.494 e. The van der Waals surface area contributed by atoms with Gasteiger partial charge in [0.2, 0.25) is 9.84 Å². The van der Waals surface area contributed by atoms with Gasteiger partial charge in [-0.1, -0.05) is 42.5 Å². The first kappa shape index (κ1) is 30.8. The minimum absolute atomic E-state index is 0.00756. The molecule has 0 saturated carbocycles. The molecule has 228 valence electrons. The Morgan fingerprint density at radius 2 is 1.48 bits per heavy atom. The number of fused-ring (bicyclic) bond motifs is 1. The van der Waals surface area contributed by atoms with E-state index in [1.54, 1.807) is 79.7 Å². The number of aromatic nitrogens is 1. The topological polar surface area (TPSA) is 127 Å². The number of thiazole rings is 1. The molecule has 3 aromatic carbocycles. The third kappa shape index (κ3) is 5.80. The number of carbonyl (C=O) groups is 1. The molecular weight excluding hydrogens is 601 g/mol. The normalized spacial score (nSPS) is 15.2. The van der Waals surface area contributed by atoms with Crippen LogP contribution in [-0.2, 0) is 19.4 Å². The van der Waals surface area contributed by atoms with Gasteiger partial charge in [-0.05, 0) is 74.4 Å². The van der Waals surface area contributed by atoms with Crippen LogP contribution in [0.2, 0.25) is 0 Å². The van der Waals surface area contributed by atoms with Crippen LogP contribution in [-0.4, -0.2) is 38.8 Å². The summed E-state index contributed by atoms with van der Waals surface area (Å²) in [6.07, 6.45) is 1.67. The zero-order chi connectivity index (χ0) is 31.4. The van der Waals surface area contributed by atoms with Crippen LogP contribution in [0, 0.1) is 0 Å². The number of hydrogen-bond acceptors (Lipinski definition) is 9. The molecule has 0 bridgehead atoms. The third-order valence-electron chi connectivity index (χ3n) is 6.95. The summed E-state index contributed by atoms with van der Waals surface area (Å²) in [5.74, 6) is -0.919. The largest absolute Gasteiger partial charge is 0.494 e. The van der Waals surface area contributed by atoms with Gasteiger partial charge in [-0.2, -0.15) is 0 Å². The molecule has 1 unspecified atom stereocenters. The average Bonchev–Trinajstić information content (AvgIpc) is 3.34. The van der Waals surface area contributed by atoms with Crippen molar-refractivity contribution >= 4 is 44.6 Å². The van der Waals surface area contributed by atoms with Crippen LogP contribution < -0.4 is 30.0 Å². The van der Waals surface area contributed by atoms with Crippen molar-refractivity contribution in [3.05, 3.63) is 114 Å². The molecule has 0 aliphatic carbocycles. The Kier molecular flexibility index (Phi) is 9.07. The van der Waals surface area contributed by atoms with Gasteiger partial charge in [-0.25, -0.2) is 13.2 Å². The van der Waals surface area contributed by atoms with Crippen molar-refractivity contribution in [3.8, 4) is 11.5 Å². The van der Waals surface area contributed by atoms with Crippen molar-refractivity contribution in [2.75, 3.05) is 19.8 Å². The predicted octanol–water partition coefficient (Wildman–Crippen LogP) is 3.61. The van der Waals surface area contributed by atoms with E-state index >= 15 is 0 Å². The number of carbonyl (C=O) groups excluding carboxylic acids is 1. The first-order valence-electron chi connectivity index (χ1n) is 14.1. The summed E-state index contributed by atoms with van der Waals surface area (Å²) in [5.41, 5.74) is 7.31. The number of nitrogens with zero attached hydrogens (tertiary/aromatic N) is 1. The van der Waals surface area contributed by atoms with Gasteiger partial charge in [0.1, 0.15) is 26.9 Å². The Morgan fingerprint density at radius 3 is 2.05 bits per heavy atom. The molecule has 4 aromatic rings. The summed E-state index contributed by atoms with van der Waals surface area (Å²) < 4.78 is 46.8. The van der Waals surface area contributed by atoms with E-state index in [0.717, 1.165) is 15.9 Å². The summed E-state index contributed by atoms with van der Waals surface area (Å²) in [7, 11) is -4.31. The first-order valence-corrected chi connectivity index (χ1v) is 16.4. The summed E-state index contributed by atoms with van der Waals surface area (Å²) in [6, 6.07) is 21.8. The minimum atomic E-state index is -4.31. The van der Waals surface area contributed by atoms with Gasteiger partial charge in [0.05, 0.1) is 40.7 Å². The molecule has 2 N–H and O–H groups in total. The van der Waals surface area contributed by atoms with E-state index in [2.05, 4.69) is 0 Å². The molecule has 0 spiro atoms. The van der Waals surface area contributed by atoms with Gasteiger partial charge in [0, 0.05) is 0 Å². The smallest absolute Gasteiger partial charge is 0.338 e. The monoisotopic (exact) mass is 632 g/mol. The van der Waals surface area contributed by atoms with Crippen LogP contribution >= 0.6 is 11.3 Å². The number of sulfone groups is 1. The van der Waals surface area contributed by atoms with E-state index in [0.29, 0.717) is 35.8 Å². The second-order valence-electron chi connectivity index (χ2n) is 9.69. The summed E-state index contributed by atoms with van der Waals surface area (Å²) in [5, 5.41) is 0. The molecule has 0 radical (unpaired) electrons. The summed E-state index contributed by atoms with van der Waals surface area (Å²) >= 11 is 1.05. The zero-order valence-electron chi connectivity index (χ0n) is 24.5. The van der Waals surface area contributed by atoms with E-state index < -0.39 is 27.3 Å². The fourth-order valence-corrected chi connectivity index (χ4v) is 7.91. The quantitative estimate of drug-likeness (QED) is 0.263. The molecule has 1 atom stereocenters. The van der Waals surface area contributed by atoms with Crippen LogP contribution in [0.25, 0.3) is 17.5 Å². The maximum atomic E-state index is 14.3. The molecule has 1 aromatic heterocycles. The first-order chi connectivity index (χ1) is 21.2. The van der Waals surface area contributed by atoms with Crippen molar-refractivity contribution in [2.45, 2.75) is 31.6 Å². The van der Waals surface area contributed by atoms with Crippen molar-refractivity contribution < 1.29 is 27.4 Å². The Labute approximate surface area is 259 Å². The number of benzene rings is 3. The highest BCUT2D eigenvalue weighted by Crippen LogP contribution is 2.42. The maximum absolute atomic E-state index is 14.3. The Morgan fingerprint density at radius 1 is 0.886 bits per heavy atom. The summed E-state index contributed by atoms with van der Waals surface area (Å²) in [6.45, 7) is 6.40. The standard InChI is InChI=1S/C33H32N2O7S2/c1-4-40-23-16-12-21(13-17-23)20-26-31(36)35-30(34)29(44(38,39)25-10-8-7-9-11-25)27(22-14-18-24(19-15-22)41-5-2)28(32(35)43-26)33(37)42-6-3/h7-20,27H,4-6,34H2,1-3H3/b26-20+. The van der Waals surface area contributed by atoms with E-state index in [1.807, 2.05) is 13.8 Å². The molecule has 0 saturated heterocycles. The highest BCUT2D eigenvalue weighted by Gasteiger charge is 2.42. The fraction of sp³-hybridized carbons (Fsp3) is 0.212. The second-order valence-corrected chi connectivity index (χ2v) is 12.6. The number of hydrogen-bond donors (Lipinski definition) is 1. The Hall–Kier alpha value is -4.61. The van der Waals surface area contributed by atoms with E-state index in [4.69, 9.17) is 19.9 Å². The average molecular weight is 633 g/mol. The molecule has 11 heteroatoms. The van der Waals surface area contributed by atoms with Crippen molar-refractivity contribution in [1.82, 2.24) is 4.57 Å². The van der Waals surface area contributed by atoms with Crippen molar-refractivity contribution in [2.24, 2.45) is 5.73 Å². The molecule has 44 heavy (non-hydrogen) atoms. The van der Waals surface area contributed by atoms with Crippen LogP contribution in [0.5, 0.6) is 11.5 Å². The van der Waals surface area contributed by atoms with E-state index in [9.17, 15) is 18.0 Å². The van der Waals surface area contributed by atoms with Crippen molar-refractivity contribution in [3.63, 3.8) is 0 Å². The molecule has 1 aliphatic rings. The Balaban J connectivity index is 1.84. The SMILES string of the molecule is CCOC(=O)C1=c2s/c(=C/c3ccc(OCC)cc3)c(=O)n2C(N)=C(S(=O)(=O)c2ccccc2)C1c1ccc(OCC)cc1. The maximum Gasteiger partial charge on any atom is 0.338 e. The zero-order valence-corrected chi connectivity index (χ0v) is 26.1. The number of ether oxygens (including phenoxy) is 3. The van der Waals surface area contributed by atoms with Gasteiger partial charge < -0.3 is 19.9 Å². The van der Waals surface area contributed by atoms with Crippen LogP contribution in [0.15, 0.2) is 93.5 Å². The summed E-state index contributed by atoms with van der Waals surface area (Å²) in [4.78, 5) is 27.3. The lowest BCUT2D eigenvalue weighted by molar-refractivity contribution is -0.136. The lowest BCUT2D eigenvalue weighted by atomic mass is 9.89.